The number of Topliss-reactive ketones (excluding diaryl/α,β-unsaturated/α-hetero) is 1. The molecule has 0 rings (SSSR count). The second-order valence-corrected chi connectivity index (χ2v) is 12.2. The first-order chi connectivity index (χ1) is 12.6. The summed E-state index contributed by atoms with van der Waals surface area (Å²) in [6.45, 7) is 21.9. The van der Waals surface area contributed by atoms with E-state index < -0.39 is 24.4 Å². The first-order valence-electron chi connectivity index (χ1n) is 10.6. The van der Waals surface area contributed by atoms with Gasteiger partial charge in [-0.05, 0) is 51.4 Å². The SMILES string of the molecule is CCC(C)(C)CC(C)(C(=O)C(C)(C)OCCC(C)(C)OP(=O)(O)O)C(C)(C)CC. The molecule has 0 spiro atoms. The maximum absolute atomic E-state index is 13.8. The number of carbonyl (C=O) groups excluding carboxylic acids is 1. The van der Waals surface area contributed by atoms with E-state index in [9.17, 15) is 9.36 Å². The Morgan fingerprint density at radius 2 is 1.38 bits per heavy atom. The van der Waals surface area contributed by atoms with Gasteiger partial charge in [0.05, 0.1) is 12.2 Å². The number of hydrogen-bond donors (Lipinski definition) is 2. The van der Waals surface area contributed by atoms with Crippen LogP contribution in [0.25, 0.3) is 0 Å². The van der Waals surface area contributed by atoms with E-state index in [1.807, 2.05) is 0 Å². The van der Waals surface area contributed by atoms with E-state index >= 15 is 0 Å². The van der Waals surface area contributed by atoms with Crippen LogP contribution in [0.3, 0.4) is 0 Å². The third kappa shape index (κ3) is 8.41. The van der Waals surface area contributed by atoms with Crippen molar-refractivity contribution in [3.8, 4) is 0 Å². The van der Waals surface area contributed by atoms with E-state index in [0.717, 1.165) is 19.3 Å². The van der Waals surface area contributed by atoms with Gasteiger partial charge in [0.25, 0.3) is 0 Å². The molecule has 0 heterocycles. The van der Waals surface area contributed by atoms with E-state index in [1.165, 1.54) is 0 Å². The molecule has 0 aliphatic rings. The molecule has 0 fully saturated rings. The van der Waals surface area contributed by atoms with Gasteiger partial charge < -0.3 is 14.5 Å². The van der Waals surface area contributed by atoms with Crippen molar-refractivity contribution in [3.63, 3.8) is 0 Å². The van der Waals surface area contributed by atoms with E-state index in [2.05, 4.69) is 48.5 Å². The molecule has 0 aliphatic carbocycles. The summed E-state index contributed by atoms with van der Waals surface area (Å²) in [7, 11) is -4.59. The van der Waals surface area contributed by atoms with Crippen LogP contribution in [-0.4, -0.2) is 33.4 Å². The number of hydrogen-bond acceptors (Lipinski definition) is 4. The average Bonchev–Trinajstić information content (AvgIpc) is 2.50. The van der Waals surface area contributed by atoms with Crippen LogP contribution >= 0.6 is 7.82 Å². The largest absolute Gasteiger partial charge is 0.470 e. The lowest BCUT2D eigenvalue weighted by Gasteiger charge is -2.49. The van der Waals surface area contributed by atoms with E-state index in [-0.39, 0.29) is 29.6 Å². The maximum Gasteiger partial charge on any atom is 0.470 e. The molecule has 174 valence electrons. The number of ether oxygens (including phenoxy) is 1. The van der Waals surface area contributed by atoms with Gasteiger partial charge >= 0.3 is 7.82 Å². The lowest BCUT2D eigenvalue weighted by atomic mass is 9.55. The fourth-order valence-corrected chi connectivity index (χ4v) is 4.48. The molecule has 1 atom stereocenters. The summed E-state index contributed by atoms with van der Waals surface area (Å²) in [6, 6.07) is 0. The molecule has 7 heteroatoms. The van der Waals surface area contributed by atoms with E-state index in [4.69, 9.17) is 19.0 Å². The minimum absolute atomic E-state index is 0.0200. The summed E-state index contributed by atoms with van der Waals surface area (Å²) in [5.74, 6) is 0.0621. The normalized spacial score (nSPS) is 16.6. The number of phosphoric ester groups is 1. The monoisotopic (exact) mass is 436 g/mol. The van der Waals surface area contributed by atoms with Crippen LogP contribution in [0.2, 0.25) is 0 Å². The predicted molar refractivity (Wildman–Crippen MR) is 118 cm³/mol. The van der Waals surface area contributed by atoms with Gasteiger partial charge in [-0.2, -0.15) is 0 Å². The molecule has 1 unspecified atom stereocenters. The van der Waals surface area contributed by atoms with Crippen molar-refractivity contribution < 1.29 is 28.4 Å². The van der Waals surface area contributed by atoms with Gasteiger partial charge in [0.2, 0.25) is 0 Å². The van der Waals surface area contributed by atoms with Gasteiger partial charge in [-0.25, -0.2) is 4.57 Å². The molecule has 0 bridgehead atoms. The second kappa shape index (κ2) is 9.48. The third-order valence-corrected chi connectivity index (χ3v) is 7.48. The zero-order chi connectivity index (χ0) is 23.5. The molecular formula is C22H45O6P. The molecule has 29 heavy (non-hydrogen) atoms. The van der Waals surface area contributed by atoms with Gasteiger partial charge in [-0.3, -0.25) is 9.32 Å². The van der Waals surface area contributed by atoms with Gasteiger partial charge in [0.1, 0.15) is 5.60 Å². The number of ketones is 1. The minimum Gasteiger partial charge on any atom is -0.368 e. The predicted octanol–water partition coefficient (Wildman–Crippen LogP) is 5.90. The van der Waals surface area contributed by atoms with Crippen LogP contribution in [0.5, 0.6) is 0 Å². The van der Waals surface area contributed by atoms with Crippen LogP contribution in [0.1, 0.15) is 102 Å². The number of carbonyl (C=O) groups is 1. The summed E-state index contributed by atoms with van der Waals surface area (Å²) < 4.78 is 21.9. The molecule has 0 saturated carbocycles. The Balaban J connectivity index is 5.54. The quantitative estimate of drug-likeness (QED) is 0.349. The summed E-state index contributed by atoms with van der Waals surface area (Å²) in [5, 5.41) is 0. The maximum atomic E-state index is 13.8. The van der Waals surface area contributed by atoms with Gasteiger partial charge in [-0.1, -0.05) is 61.3 Å². The number of rotatable bonds is 13. The Morgan fingerprint density at radius 1 is 0.897 bits per heavy atom. The topological polar surface area (TPSA) is 93.1 Å². The Labute approximate surface area is 178 Å². The van der Waals surface area contributed by atoms with Gasteiger partial charge in [0, 0.05) is 5.41 Å². The lowest BCUT2D eigenvalue weighted by molar-refractivity contribution is -0.162. The molecule has 6 nitrogen and oxygen atoms in total. The minimum atomic E-state index is -4.59. The molecule has 0 aliphatic heterocycles. The van der Waals surface area contributed by atoms with Crippen LogP contribution in [0.4, 0.5) is 0 Å². The highest BCUT2D eigenvalue weighted by atomic mass is 31.2. The molecule has 0 aromatic rings. The highest BCUT2D eigenvalue weighted by molar-refractivity contribution is 7.46. The van der Waals surface area contributed by atoms with Crippen LogP contribution in [-0.2, 0) is 18.6 Å². The Morgan fingerprint density at radius 3 is 1.76 bits per heavy atom. The fraction of sp³-hybridized carbons (Fsp3) is 0.955. The zero-order valence-electron chi connectivity index (χ0n) is 20.5. The summed E-state index contributed by atoms with van der Waals surface area (Å²) in [5.41, 5.74) is -2.85. The van der Waals surface area contributed by atoms with Gasteiger partial charge in [0.15, 0.2) is 5.78 Å². The average molecular weight is 437 g/mol. The Kier molecular flexibility index (Phi) is 9.40. The highest BCUT2D eigenvalue weighted by Crippen LogP contribution is 2.52. The molecule has 0 saturated heterocycles. The molecule has 0 aromatic carbocycles. The van der Waals surface area contributed by atoms with Crippen LogP contribution in [0, 0.1) is 16.2 Å². The van der Waals surface area contributed by atoms with Gasteiger partial charge in [-0.15, -0.1) is 0 Å². The number of phosphoric acid groups is 1. The van der Waals surface area contributed by atoms with E-state index in [0.29, 0.717) is 0 Å². The Bertz CT molecular complexity index is 602. The van der Waals surface area contributed by atoms with Crippen LogP contribution in [0.15, 0.2) is 0 Å². The van der Waals surface area contributed by atoms with Crippen molar-refractivity contribution in [2.75, 3.05) is 6.61 Å². The molecule has 0 amide bonds. The standard InChI is InChI=1S/C22H45O6P/c1-12-18(3,4)16-22(11,19(5,6)13-2)17(23)21(9,10)27-15-14-20(7,8)28-29(24,25)26/h12-16H2,1-11H3,(H2,24,25,26). The van der Waals surface area contributed by atoms with Crippen LogP contribution < -0.4 is 0 Å². The first-order valence-corrected chi connectivity index (χ1v) is 12.1. The molecule has 2 N–H and O–H groups in total. The summed E-state index contributed by atoms with van der Waals surface area (Å²) in [6.07, 6.45) is 2.86. The second-order valence-electron chi connectivity index (χ2n) is 11.0. The van der Waals surface area contributed by atoms with Crippen molar-refractivity contribution >= 4 is 13.6 Å². The van der Waals surface area contributed by atoms with Crippen molar-refractivity contribution in [2.24, 2.45) is 16.2 Å². The Hall–Kier alpha value is -0.260. The first kappa shape index (κ1) is 28.7. The zero-order valence-corrected chi connectivity index (χ0v) is 21.4. The van der Waals surface area contributed by atoms with Crippen molar-refractivity contribution in [3.05, 3.63) is 0 Å². The summed E-state index contributed by atoms with van der Waals surface area (Å²) in [4.78, 5) is 31.9. The molecular weight excluding hydrogens is 391 g/mol. The van der Waals surface area contributed by atoms with Crippen molar-refractivity contribution in [2.45, 2.75) is 113 Å². The third-order valence-electron chi connectivity index (χ3n) is 6.75. The summed E-state index contributed by atoms with van der Waals surface area (Å²) >= 11 is 0. The highest BCUT2D eigenvalue weighted by Gasteiger charge is 2.53. The van der Waals surface area contributed by atoms with Crippen molar-refractivity contribution in [1.29, 1.82) is 0 Å². The molecule has 0 aromatic heterocycles. The lowest BCUT2D eigenvalue weighted by Crippen LogP contribution is -2.53. The molecule has 0 radical (unpaired) electrons. The smallest absolute Gasteiger partial charge is 0.368 e. The van der Waals surface area contributed by atoms with E-state index in [1.54, 1.807) is 27.7 Å². The van der Waals surface area contributed by atoms with Crippen molar-refractivity contribution in [1.82, 2.24) is 0 Å². The fourth-order valence-electron chi connectivity index (χ4n) is 3.75.